The van der Waals surface area contributed by atoms with E-state index in [1.807, 2.05) is 24.3 Å². The number of hydrogen-bond donors (Lipinski definition) is 1. The summed E-state index contributed by atoms with van der Waals surface area (Å²) in [5.74, 6) is -0.469. The first kappa shape index (κ1) is 14.2. The van der Waals surface area contributed by atoms with Gasteiger partial charge in [-0.15, -0.1) is 0 Å². The van der Waals surface area contributed by atoms with Crippen molar-refractivity contribution >= 4 is 17.5 Å². The zero-order chi connectivity index (χ0) is 15.0. The van der Waals surface area contributed by atoms with Crippen LogP contribution >= 0.6 is 0 Å². The molecule has 2 atom stereocenters. The van der Waals surface area contributed by atoms with Gasteiger partial charge in [-0.1, -0.05) is 26.0 Å². The van der Waals surface area contributed by atoms with Crippen molar-refractivity contribution < 1.29 is 14.3 Å². The number of morpholine rings is 1. The van der Waals surface area contributed by atoms with E-state index < -0.39 is 12.2 Å². The molecule has 2 aliphatic rings. The number of ether oxygens (including phenoxy) is 1. The van der Waals surface area contributed by atoms with E-state index >= 15 is 0 Å². The molecule has 1 aromatic rings. The second kappa shape index (κ2) is 5.58. The molecule has 0 saturated carbocycles. The summed E-state index contributed by atoms with van der Waals surface area (Å²) >= 11 is 0. The SMILES string of the molecule is CC(C)NCc1ccc(N2C(=O)C3CCC(O3)C2=O)cc1. The molecule has 21 heavy (non-hydrogen) atoms. The van der Waals surface area contributed by atoms with Crippen molar-refractivity contribution in [3.8, 4) is 0 Å². The molecule has 2 fully saturated rings. The van der Waals surface area contributed by atoms with Gasteiger partial charge in [0.2, 0.25) is 0 Å². The largest absolute Gasteiger partial charge is 0.355 e. The van der Waals surface area contributed by atoms with E-state index in [1.54, 1.807) is 0 Å². The van der Waals surface area contributed by atoms with E-state index in [1.165, 1.54) is 4.90 Å². The summed E-state index contributed by atoms with van der Waals surface area (Å²) in [6.07, 6.45) is 0.384. The predicted octanol–water partition coefficient (Wildman–Crippen LogP) is 1.61. The minimum atomic E-state index is -0.449. The Bertz CT molecular complexity index is 531. The molecule has 2 unspecified atom stereocenters. The highest BCUT2D eigenvalue weighted by Crippen LogP contribution is 2.31. The maximum absolute atomic E-state index is 12.3. The highest BCUT2D eigenvalue weighted by molar-refractivity contribution is 6.19. The van der Waals surface area contributed by atoms with Crippen LogP contribution in [0.1, 0.15) is 32.3 Å². The smallest absolute Gasteiger partial charge is 0.262 e. The van der Waals surface area contributed by atoms with Crippen molar-refractivity contribution in [1.82, 2.24) is 5.32 Å². The Hall–Kier alpha value is -1.72. The fourth-order valence-corrected chi connectivity index (χ4v) is 2.74. The van der Waals surface area contributed by atoms with Crippen LogP contribution in [0.25, 0.3) is 0 Å². The standard InChI is InChI=1S/C16H20N2O3/c1-10(2)17-9-11-3-5-12(6-4-11)18-15(19)13-7-8-14(21-13)16(18)20/h3-6,10,13-14,17H,7-9H2,1-2H3. The van der Waals surface area contributed by atoms with Crippen molar-refractivity contribution in [3.63, 3.8) is 0 Å². The fraction of sp³-hybridized carbons (Fsp3) is 0.500. The van der Waals surface area contributed by atoms with E-state index in [9.17, 15) is 9.59 Å². The maximum atomic E-state index is 12.3. The van der Waals surface area contributed by atoms with Gasteiger partial charge >= 0.3 is 0 Å². The molecular weight excluding hydrogens is 268 g/mol. The third-order valence-corrected chi connectivity index (χ3v) is 3.92. The summed E-state index contributed by atoms with van der Waals surface area (Å²) in [6.45, 7) is 4.96. The summed E-state index contributed by atoms with van der Waals surface area (Å²) < 4.78 is 5.41. The lowest BCUT2D eigenvalue weighted by atomic mass is 10.1. The van der Waals surface area contributed by atoms with Crippen LogP contribution in [0.2, 0.25) is 0 Å². The second-order valence-corrected chi connectivity index (χ2v) is 5.90. The van der Waals surface area contributed by atoms with Crippen molar-refractivity contribution in [2.75, 3.05) is 4.90 Å². The van der Waals surface area contributed by atoms with Gasteiger partial charge < -0.3 is 10.1 Å². The van der Waals surface area contributed by atoms with E-state index in [2.05, 4.69) is 19.2 Å². The van der Waals surface area contributed by atoms with E-state index in [0.29, 0.717) is 24.6 Å². The van der Waals surface area contributed by atoms with Gasteiger partial charge in [-0.2, -0.15) is 0 Å². The van der Waals surface area contributed by atoms with Crippen molar-refractivity contribution in [1.29, 1.82) is 0 Å². The van der Waals surface area contributed by atoms with Gasteiger partial charge in [0.05, 0.1) is 5.69 Å². The van der Waals surface area contributed by atoms with Crippen LogP contribution in [0.4, 0.5) is 5.69 Å². The van der Waals surface area contributed by atoms with Crippen LogP contribution in [0.15, 0.2) is 24.3 Å². The highest BCUT2D eigenvalue weighted by atomic mass is 16.5. The third kappa shape index (κ3) is 2.71. The summed E-state index contributed by atoms with van der Waals surface area (Å²) in [6, 6.07) is 7.98. The number of fused-ring (bicyclic) bond motifs is 2. The van der Waals surface area contributed by atoms with Gasteiger partial charge in [0.25, 0.3) is 11.8 Å². The Balaban J connectivity index is 1.77. The topological polar surface area (TPSA) is 58.6 Å². The number of benzene rings is 1. The Morgan fingerprint density at radius 2 is 1.71 bits per heavy atom. The maximum Gasteiger partial charge on any atom is 0.262 e. The van der Waals surface area contributed by atoms with E-state index in [-0.39, 0.29) is 11.8 Å². The van der Waals surface area contributed by atoms with Crippen molar-refractivity contribution in [2.45, 2.75) is 51.5 Å². The number of imide groups is 1. The fourth-order valence-electron chi connectivity index (χ4n) is 2.74. The normalized spacial score (nSPS) is 25.0. The van der Waals surface area contributed by atoms with Crippen molar-refractivity contribution in [3.05, 3.63) is 29.8 Å². The van der Waals surface area contributed by atoms with E-state index in [0.717, 1.165) is 12.1 Å². The second-order valence-electron chi connectivity index (χ2n) is 5.90. The average Bonchev–Trinajstić information content (AvgIpc) is 2.92. The summed E-state index contributed by atoms with van der Waals surface area (Å²) in [4.78, 5) is 25.8. The number of nitrogens with zero attached hydrogens (tertiary/aromatic N) is 1. The lowest BCUT2D eigenvalue weighted by Crippen LogP contribution is -2.52. The third-order valence-electron chi connectivity index (χ3n) is 3.92. The summed E-state index contributed by atoms with van der Waals surface area (Å²) in [5.41, 5.74) is 1.77. The number of carbonyl (C=O) groups excluding carboxylic acids is 2. The Kier molecular flexibility index (Phi) is 3.78. The molecule has 1 aromatic carbocycles. The Morgan fingerprint density at radius 1 is 1.14 bits per heavy atom. The molecule has 0 radical (unpaired) electrons. The van der Waals surface area contributed by atoms with Gasteiger partial charge in [0.1, 0.15) is 12.2 Å². The summed E-state index contributed by atoms with van der Waals surface area (Å²) in [7, 11) is 0. The summed E-state index contributed by atoms with van der Waals surface area (Å²) in [5, 5.41) is 3.33. The number of anilines is 1. The Morgan fingerprint density at radius 3 is 2.24 bits per heavy atom. The van der Waals surface area contributed by atoms with Gasteiger partial charge in [-0.05, 0) is 30.5 Å². The van der Waals surface area contributed by atoms with Gasteiger partial charge in [0.15, 0.2) is 0 Å². The first-order chi connectivity index (χ1) is 10.1. The predicted molar refractivity (Wildman–Crippen MR) is 78.8 cm³/mol. The number of hydrogen-bond acceptors (Lipinski definition) is 4. The van der Waals surface area contributed by atoms with E-state index in [4.69, 9.17) is 4.74 Å². The average molecular weight is 288 g/mol. The van der Waals surface area contributed by atoms with Gasteiger partial charge in [0, 0.05) is 12.6 Å². The molecule has 0 aliphatic carbocycles. The van der Waals surface area contributed by atoms with Crippen LogP contribution in [0, 0.1) is 0 Å². The van der Waals surface area contributed by atoms with Crippen LogP contribution in [0.5, 0.6) is 0 Å². The molecule has 112 valence electrons. The quantitative estimate of drug-likeness (QED) is 0.855. The molecule has 5 nitrogen and oxygen atoms in total. The zero-order valence-electron chi connectivity index (χ0n) is 12.3. The van der Waals surface area contributed by atoms with Gasteiger partial charge in [-0.3, -0.25) is 9.59 Å². The van der Waals surface area contributed by atoms with Crippen LogP contribution in [0.3, 0.4) is 0 Å². The minimum absolute atomic E-state index is 0.234. The lowest BCUT2D eigenvalue weighted by molar-refractivity contribution is -0.146. The monoisotopic (exact) mass is 288 g/mol. The first-order valence-electron chi connectivity index (χ1n) is 7.42. The Labute approximate surface area is 124 Å². The molecule has 5 heteroatoms. The minimum Gasteiger partial charge on any atom is -0.355 e. The van der Waals surface area contributed by atoms with Gasteiger partial charge in [-0.25, -0.2) is 4.90 Å². The van der Waals surface area contributed by atoms with Crippen molar-refractivity contribution in [2.24, 2.45) is 0 Å². The highest BCUT2D eigenvalue weighted by Gasteiger charge is 2.46. The molecule has 0 aromatic heterocycles. The molecule has 3 rings (SSSR count). The van der Waals surface area contributed by atoms with Crippen LogP contribution in [-0.4, -0.2) is 30.1 Å². The lowest BCUT2D eigenvalue weighted by Gasteiger charge is -2.29. The number of rotatable bonds is 4. The van der Waals surface area contributed by atoms with Crippen LogP contribution < -0.4 is 10.2 Å². The molecular formula is C16H20N2O3. The molecule has 0 spiro atoms. The first-order valence-corrected chi connectivity index (χ1v) is 7.42. The number of nitrogens with one attached hydrogen (secondary N) is 1. The van der Waals surface area contributed by atoms with Crippen LogP contribution in [-0.2, 0) is 20.9 Å². The molecule has 2 aliphatic heterocycles. The molecule has 2 amide bonds. The zero-order valence-corrected chi connectivity index (χ0v) is 12.3. The number of carbonyl (C=O) groups is 2. The molecule has 2 bridgehead atoms. The molecule has 2 saturated heterocycles. The number of amides is 2. The molecule has 1 N–H and O–H groups in total. The molecule has 2 heterocycles.